The summed E-state index contributed by atoms with van der Waals surface area (Å²) in [5.41, 5.74) is -0.650. The van der Waals surface area contributed by atoms with Gasteiger partial charge in [-0.1, -0.05) is 18.2 Å². The predicted molar refractivity (Wildman–Crippen MR) is 61.6 cm³/mol. The average molecular weight is 233 g/mol. The molecule has 0 radical (unpaired) electrons. The maximum absolute atomic E-state index is 11.6. The summed E-state index contributed by atoms with van der Waals surface area (Å²) in [4.78, 5) is 25.1. The molecule has 0 unspecified atom stereocenters. The molecular weight excluding hydrogens is 222 g/mol. The minimum atomic E-state index is -0.621. The van der Waals surface area contributed by atoms with E-state index in [-0.39, 0.29) is 5.88 Å². The SMILES string of the molecule is CCOc1nn(-c2ccccc2)c(=O)[nH]c1=O. The average Bonchev–Trinajstić information content (AvgIpc) is 2.34. The lowest BCUT2D eigenvalue weighted by molar-refractivity contribution is 0.312. The highest BCUT2D eigenvalue weighted by atomic mass is 16.5. The van der Waals surface area contributed by atoms with Gasteiger partial charge < -0.3 is 4.74 Å². The van der Waals surface area contributed by atoms with Gasteiger partial charge in [0.1, 0.15) is 0 Å². The molecule has 1 aromatic heterocycles. The van der Waals surface area contributed by atoms with Crippen LogP contribution in [0.2, 0.25) is 0 Å². The van der Waals surface area contributed by atoms with E-state index in [1.165, 1.54) is 0 Å². The number of aromatic nitrogens is 3. The Morgan fingerprint density at radius 1 is 1.29 bits per heavy atom. The van der Waals surface area contributed by atoms with Crippen LogP contribution in [0.4, 0.5) is 0 Å². The Balaban J connectivity index is 2.59. The van der Waals surface area contributed by atoms with E-state index in [1.54, 1.807) is 31.2 Å². The lowest BCUT2D eigenvalue weighted by Gasteiger charge is -2.05. The molecule has 0 aliphatic rings. The summed E-state index contributed by atoms with van der Waals surface area (Å²) in [6.45, 7) is 2.04. The first-order valence-corrected chi connectivity index (χ1v) is 5.14. The van der Waals surface area contributed by atoms with E-state index in [0.717, 1.165) is 4.68 Å². The lowest BCUT2D eigenvalue weighted by Crippen LogP contribution is -2.32. The largest absolute Gasteiger partial charge is 0.473 e. The number of hydrogen-bond acceptors (Lipinski definition) is 4. The molecule has 0 fully saturated rings. The smallest absolute Gasteiger partial charge is 0.349 e. The summed E-state index contributed by atoms with van der Waals surface area (Å²) in [5.74, 6) is -0.115. The number of H-pyrrole nitrogens is 1. The summed E-state index contributed by atoms with van der Waals surface area (Å²) in [5, 5.41) is 3.87. The van der Waals surface area contributed by atoms with Gasteiger partial charge in [-0.05, 0) is 19.1 Å². The van der Waals surface area contributed by atoms with Gasteiger partial charge >= 0.3 is 11.2 Å². The van der Waals surface area contributed by atoms with Gasteiger partial charge in [0.25, 0.3) is 5.88 Å². The second-order valence-electron chi connectivity index (χ2n) is 3.24. The molecule has 0 atom stereocenters. The fourth-order valence-corrected chi connectivity index (χ4v) is 1.36. The van der Waals surface area contributed by atoms with Crippen LogP contribution < -0.4 is 16.0 Å². The molecule has 6 nitrogen and oxygen atoms in total. The molecule has 0 aliphatic carbocycles. The van der Waals surface area contributed by atoms with Crippen molar-refractivity contribution in [2.75, 3.05) is 6.61 Å². The highest BCUT2D eigenvalue weighted by molar-refractivity contribution is 5.29. The first-order valence-electron chi connectivity index (χ1n) is 5.14. The highest BCUT2D eigenvalue weighted by Crippen LogP contribution is 2.02. The van der Waals surface area contributed by atoms with Crippen molar-refractivity contribution < 1.29 is 4.74 Å². The molecule has 0 bridgehead atoms. The van der Waals surface area contributed by atoms with Crippen LogP contribution in [0.5, 0.6) is 5.88 Å². The van der Waals surface area contributed by atoms with E-state index >= 15 is 0 Å². The number of hydrogen-bond donors (Lipinski definition) is 1. The molecule has 2 rings (SSSR count). The Labute approximate surface area is 96.5 Å². The van der Waals surface area contributed by atoms with Crippen molar-refractivity contribution in [3.05, 3.63) is 51.2 Å². The summed E-state index contributed by atoms with van der Waals surface area (Å²) in [7, 11) is 0. The van der Waals surface area contributed by atoms with Crippen LogP contribution in [0.1, 0.15) is 6.92 Å². The third-order valence-corrected chi connectivity index (χ3v) is 2.08. The van der Waals surface area contributed by atoms with E-state index in [4.69, 9.17) is 4.74 Å². The van der Waals surface area contributed by atoms with Gasteiger partial charge in [-0.15, -0.1) is 5.10 Å². The van der Waals surface area contributed by atoms with E-state index in [1.807, 2.05) is 6.07 Å². The molecule has 1 aromatic carbocycles. The Bertz CT molecular complexity index is 616. The van der Waals surface area contributed by atoms with E-state index in [2.05, 4.69) is 10.1 Å². The third kappa shape index (κ3) is 2.25. The van der Waals surface area contributed by atoms with Crippen molar-refractivity contribution >= 4 is 0 Å². The van der Waals surface area contributed by atoms with Crippen molar-refractivity contribution in [1.82, 2.24) is 14.8 Å². The third-order valence-electron chi connectivity index (χ3n) is 2.08. The van der Waals surface area contributed by atoms with Gasteiger partial charge in [-0.3, -0.25) is 9.78 Å². The molecular formula is C11H11N3O3. The van der Waals surface area contributed by atoms with Crippen molar-refractivity contribution in [3.8, 4) is 11.6 Å². The molecule has 0 saturated carbocycles. The van der Waals surface area contributed by atoms with Crippen LogP contribution in [0, 0.1) is 0 Å². The second-order valence-corrected chi connectivity index (χ2v) is 3.24. The van der Waals surface area contributed by atoms with Crippen molar-refractivity contribution in [1.29, 1.82) is 0 Å². The molecule has 0 saturated heterocycles. The number of para-hydroxylation sites is 1. The van der Waals surface area contributed by atoms with Crippen LogP contribution >= 0.6 is 0 Å². The Kier molecular flexibility index (Phi) is 3.04. The quantitative estimate of drug-likeness (QED) is 0.828. The maximum atomic E-state index is 11.6. The van der Waals surface area contributed by atoms with E-state index in [9.17, 15) is 9.59 Å². The monoisotopic (exact) mass is 233 g/mol. The molecule has 88 valence electrons. The molecule has 0 amide bonds. The summed E-state index contributed by atoms with van der Waals surface area (Å²) < 4.78 is 6.13. The second kappa shape index (κ2) is 4.65. The Morgan fingerprint density at radius 3 is 2.65 bits per heavy atom. The van der Waals surface area contributed by atoms with Crippen LogP contribution in [-0.4, -0.2) is 21.4 Å². The Morgan fingerprint density at radius 2 is 2.00 bits per heavy atom. The molecule has 0 aliphatic heterocycles. The van der Waals surface area contributed by atoms with Gasteiger partial charge in [0, 0.05) is 0 Å². The molecule has 1 N–H and O–H groups in total. The molecule has 0 spiro atoms. The number of aromatic amines is 1. The zero-order valence-corrected chi connectivity index (χ0v) is 9.21. The number of benzene rings is 1. The molecule has 1 heterocycles. The fourth-order valence-electron chi connectivity index (χ4n) is 1.36. The lowest BCUT2D eigenvalue weighted by atomic mass is 10.3. The first kappa shape index (κ1) is 11.1. The van der Waals surface area contributed by atoms with Gasteiger partial charge in [-0.2, -0.15) is 4.68 Å². The summed E-state index contributed by atoms with van der Waals surface area (Å²) in [6, 6.07) is 8.79. The minimum Gasteiger partial charge on any atom is -0.473 e. The van der Waals surface area contributed by atoms with E-state index < -0.39 is 11.2 Å². The highest BCUT2D eigenvalue weighted by Gasteiger charge is 2.08. The van der Waals surface area contributed by atoms with Crippen LogP contribution in [0.3, 0.4) is 0 Å². The standard InChI is InChI=1S/C11H11N3O3/c1-2-17-10-9(15)12-11(16)14(13-10)8-6-4-3-5-7-8/h3-7H,2H2,1H3,(H,12,15,16). The maximum Gasteiger partial charge on any atom is 0.349 e. The fraction of sp³-hybridized carbons (Fsp3) is 0.182. The molecule has 17 heavy (non-hydrogen) atoms. The van der Waals surface area contributed by atoms with Gasteiger partial charge in [0.2, 0.25) is 0 Å². The van der Waals surface area contributed by atoms with Crippen molar-refractivity contribution in [2.24, 2.45) is 0 Å². The van der Waals surface area contributed by atoms with Gasteiger partial charge in [-0.25, -0.2) is 4.79 Å². The van der Waals surface area contributed by atoms with Crippen LogP contribution in [0.15, 0.2) is 39.9 Å². The van der Waals surface area contributed by atoms with Crippen molar-refractivity contribution in [2.45, 2.75) is 6.92 Å². The Hall–Kier alpha value is -2.37. The van der Waals surface area contributed by atoms with Gasteiger partial charge in [0.05, 0.1) is 12.3 Å². The normalized spacial score (nSPS) is 10.2. The topological polar surface area (TPSA) is 77.0 Å². The number of nitrogens with zero attached hydrogens (tertiary/aromatic N) is 2. The first-order chi connectivity index (χ1) is 8.22. The van der Waals surface area contributed by atoms with E-state index in [0.29, 0.717) is 12.3 Å². The molecule has 6 heteroatoms. The minimum absolute atomic E-state index is 0.115. The van der Waals surface area contributed by atoms with Crippen LogP contribution in [-0.2, 0) is 0 Å². The molecule has 2 aromatic rings. The predicted octanol–water partition coefficient (Wildman–Crippen LogP) is 0.319. The summed E-state index contributed by atoms with van der Waals surface area (Å²) in [6.07, 6.45) is 0. The zero-order chi connectivity index (χ0) is 12.3. The summed E-state index contributed by atoms with van der Waals surface area (Å²) >= 11 is 0. The number of nitrogens with one attached hydrogen (secondary N) is 1. The van der Waals surface area contributed by atoms with Crippen LogP contribution in [0.25, 0.3) is 5.69 Å². The van der Waals surface area contributed by atoms with Crippen molar-refractivity contribution in [3.63, 3.8) is 0 Å². The number of rotatable bonds is 3. The number of ether oxygens (including phenoxy) is 1. The zero-order valence-electron chi connectivity index (χ0n) is 9.21. The van der Waals surface area contributed by atoms with Gasteiger partial charge in [0.15, 0.2) is 0 Å².